The van der Waals surface area contributed by atoms with Crippen LogP contribution in [0.15, 0.2) is 29.4 Å². The van der Waals surface area contributed by atoms with Crippen LogP contribution in [0.1, 0.15) is 76.4 Å². The number of ether oxygens (including phenoxy) is 1. The maximum absolute atomic E-state index is 9.62. The molecule has 3 heterocycles. The van der Waals surface area contributed by atoms with Crippen molar-refractivity contribution in [2.24, 2.45) is 17.8 Å². The number of nitrogens with zero attached hydrogens (tertiary/aromatic N) is 5. The number of hydrogen-bond donors (Lipinski definition) is 1. The molecule has 0 aromatic carbocycles. The molecule has 182 valence electrons. The van der Waals surface area contributed by atoms with Crippen molar-refractivity contribution in [3.63, 3.8) is 0 Å². The normalized spacial score (nSPS) is 24.1. The number of nitrogens with one attached hydrogen (secondary N) is 1. The molecule has 3 aliphatic carbocycles. The van der Waals surface area contributed by atoms with Gasteiger partial charge in [0, 0.05) is 18.7 Å². The van der Waals surface area contributed by atoms with E-state index in [-0.39, 0.29) is 5.82 Å². The fourth-order valence-corrected chi connectivity index (χ4v) is 5.92. The first-order chi connectivity index (χ1) is 17.2. The van der Waals surface area contributed by atoms with Gasteiger partial charge in [0.25, 0.3) is 0 Å². The lowest BCUT2D eigenvalue weighted by molar-refractivity contribution is 0.263. The summed E-state index contributed by atoms with van der Waals surface area (Å²) in [6.07, 6.45) is 17.4. The predicted molar refractivity (Wildman–Crippen MR) is 136 cm³/mol. The van der Waals surface area contributed by atoms with Crippen molar-refractivity contribution in [3.8, 4) is 6.07 Å². The van der Waals surface area contributed by atoms with Crippen LogP contribution in [0.5, 0.6) is 0 Å². The minimum absolute atomic E-state index is 0.164. The Bertz CT molecular complexity index is 1250. The Kier molecular flexibility index (Phi) is 6.05. The van der Waals surface area contributed by atoms with Crippen LogP contribution in [0.3, 0.4) is 0 Å². The molecule has 0 radical (unpaired) electrons. The summed E-state index contributed by atoms with van der Waals surface area (Å²) >= 11 is 0. The quantitative estimate of drug-likeness (QED) is 0.554. The molecule has 7 heteroatoms. The Morgan fingerprint density at radius 2 is 1.97 bits per heavy atom. The molecule has 2 aromatic rings. The van der Waals surface area contributed by atoms with Crippen LogP contribution in [0, 0.1) is 29.1 Å². The minimum Gasteiger partial charge on any atom is -0.485 e. The van der Waals surface area contributed by atoms with Crippen molar-refractivity contribution in [1.82, 2.24) is 19.5 Å². The van der Waals surface area contributed by atoms with Gasteiger partial charge in [0.1, 0.15) is 18.2 Å². The van der Waals surface area contributed by atoms with Crippen LogP contribution in [-0.4, -0.2) is 32.7 Å². The van der Waals surface area contributed by atoms with E-state index >= 15 is 0 Å². The lowest BCUT2D eigenvalue weighted by Crippen LogP contribution is -2.20. The van der Waals surface area contributed by atoms with E-state index in [4.69, 9.17) is 9.72 Å². The van der Waals surface area contributed by atoms with E-state index in [1.165, 1.54) is 56.1 Å². The molecule has 0 bridgehead atoms. The molecule has 35 heavy (non-hydrogen) atoms. The zero-order valence-electron chi connectivity index (χ0n) is 20.6. The molecular weight excluding hydrogens is 436 g/mol. The summed E-state index contributed by atoms with van der Waals surface area (Å²) in [6, 6.07) is 2.14. The maximum atomic E-state index is 9.62. The molecule has 2 aromatic heterocycles. The molecule has 2 fully saturated rings. The SMILES string of the molecule is CC1CCC(Cn2c(C3=C4CC=CC=C4CO3)nc3nc(C#N)nc(NCCC4CCC4)c32)CC1. The lowest BCUT2D eigenvalue weighted by Gasteiger charge is -2.27. The standard InChI is InChI=1S/C28H34N6O/c1-18-9-11-20(12-10-18)16-34-24-26(30-14-13-19-5-4-6-19)31-23(15-29)32-27(24)33-28(34)25-22-8-3-2-7-21(22)17-35-25/h2-3,7,18-20H,4-6,8-14,16-17H2,1H3,(H,30,31,32). The van der Waals surface area contributed by atoms with Crippen molar-refractivity contribution in [2.75, 3.05) is 18.5 Å². The van der Waals surface area contributed by atoms with E-state index in [0.717, 1.165) is 60.7 Å². The molecule has 0 unspecified atom stereocenters. The molecule has 6 rings (SSSR count). The Morgan fingerprint density at radius 3 is 2.74 bits per heavy atom. The Balaban J connectivity index is 1.43. The summed E-state index contributed by atoms with van der Waals surface area (Å²) in [4.78, 5) is 14.2. The molecule has 0 atom stereocenters. The van der Waals surface area contributed by atoms with Gasteiger partial charge in [-0.05, 0) is 49.0 Å². The van der Waals surface area contributed by atoms with Crippen molar-refractivity contribution < 1.29 is 4.74 Å². The van der Waals surface area contributed by atoms with Crippen LogP contribution >= 0.6 is 0 Å². The van der Waals surface area contributed by atoms with Crippen LogP contribution in [0.4, 0.5) is 5.82 Å². The largest absolute Gasteiger partial charge is 0.485 e. The zero-order chi connectivity index (χ0) is 23.8. The molecule has 4 aliphatic rings. The number of hydrogen-bond acceptors (Lipinski definition) is 6. The third-order valence-corrected chi connectivity index (χ3v) is 8.34. The number of nitriles is 1. The van der Waals surface area contributed by atoms with Gasteiger partial charge in [-0.15, -0.1) is 0 Å². The van der Waals surface area contributed by atoms with E-state index in [0.29, 0.717) is 18.2 Å². The summed E-state index contributed by atoms with van der Waals surface area (Å²) in [7, 11) is 0. The number of rotatable bonds is 7. The average Bonchev–Trinajstić information content (AvgIpc) is 3.43. The molecule has 1 aliphatic heterocycles. The number of imidazole rings is 1. The second-order valence-corrected chi connectivity index (χ2v) is 10.8. The molecular formula is C28H34N6O. The van der Waals surface area contributed by atoms with Gasteiger partial charge >= 0.3 is 0 Å². The molecule has 2 saturated carbocycles. The minimum atomic E-state index is 0.164. The first-order valence-corrected chi connectivity index (χ1v) is 13.3. The predicted octanol–water partition coefficient (Wildman–Crippen LogP) is 5.75. The van der Waals surface area contributed by atoms with E-state index in [1.54, 1.807) is 0 Å². The van der Waals surface area contributed by atoms with Crippen molar-refractivity contribution in [3.05, 3.63) is 41.0 Å². The summed E-state index contributed by atoms with van der Waals surface area (Å²) in [6.45, 7) is 4.67. The van der Waals surface area contributed by atoms with Crippen LogP contribution in [0.25, 0.3) is 16.9 Å². The van der Waals surface area contributed by atoms with Gasteiger partial charge in [-0.25, -0.2) is 4.98 Å². The number of allylic oxidation sites excluding steroid dienone is 3. The summed E-state index contributed by atoms with van der Waals surface area (Å²) < 4.78 is 8.55. The van der Waals surface area contributed by atoms with E-state index in [9.17, 15) is 5.26 Å². The highest BCUT2D eigenvalue weighted by Gasteiger charge is 2.31. The van der Waals surface area contributed by atoms with Crippen molar-refractivity contribution >= 4 is 22.7 Å². The molecule has 1 N–H and O–H groups in total. The second-order valence-electron chi connectivity index (χ2n) is 10.8. The van der Waals surface area contributed by atoms with Gasteiger partial charge in [-0.1, -0.05) is 57.3 Å². The molecule has 0 spiro atoms. The van der Waals surface area contributed by atoms with Gasteiger partial charge < -0.3 is 14.6 Å². The van der Waals surface area contributed by atoms with Gasteiger partial charge in [-0.2, -0.15) is 15.2 Å². The number of fused-ring (bicyclic) bond motifs is 2. The zero-order valence-corrected chi connectivity index (χ0v) is 20.6. The first kappa shape index (κ1) is 22.3. The maximum Gasteiger partial charge on any atom is 0.236 e. The summed E-state index contributed by atoms with van der Waals surface area (Å²) in [5, 5.41) is 13.2. The monoisotopic (exact) mass is 470 g/mol. The Labute approximate surface area is 207 Å². The molecule has 0 amide bonds. The highest BCUT2D eigenvalue weighted by Crippen LogP contribution is 2.39. The Hall–Kier alpha value is -3.14. The lowest BCUT2D eigenvalue weighted by atomic mass is 9.83. The highest BCUT2D eigenvalue weighted by atomic mass is 16.5. The van der Waals surface area contributed by atoms with Gasteiger partial charge in [-0.3, -0.25) is 0 Å². The summed E-state index contributed by atoms with van der Waals surface area (Å²) in [5.41, 5.74) is 3.94. The fourth-order valence-electron chi connectivity index (χ4n) is 5.92. The number of anilines is 1. The van der Waals surface area contributed by atoms with E-state index < -0.39 is 0 Å². The first-order valence-electron chi connectivity index (χ1n) is 13.3. The van der Waals surface area contributed by atoms with Crippen molar-refractivity contribution in [1.29, 1.82) is 5.26 Å². The van der Waals surface area contributed by atoms with E-state index in [1.807, 2.05) is 0 Å². The highest BCUT2D eigenvalue weighted by molar-refractivity contribution is 5.87. The average molecular weight is 471 g/mol. The number of aromatic nitrogens is 4. The topological polar surface area (TPSA) is 88.7 Å². The van der Waals surface area contributed by atoms with Crippen LogP contribution < -0.4 is 5.32 Å². The third kappa shape index (κ3) is 4.35. The molecule has 0 saturated heterocycles. The second kappa shape index (κ2) is 9.49. The van der Waals surface area contributed by atoms with Crippen LogP contribution in [0.2, 0.25) is 0 Å². The van der Waals surface area contributed by atoms with Gasteiger partial charge in [0.05, 0.1) is 0 Å². The fraction of sp³-hybridized carbons (Fsp3) is 0.571. The van der Waals surface area contributed by atoms with Crippen LogP contribution in [-0.2, 0) is 11.3 Å². The van der Waals surface area contributed by atoms with Gasteiger partial charge in [0.2, 0.25) is 5.82 Å². The van der Waals surface area contributed by atoms with Gasteiger partial charge in [0.15, 0.2) is 23.0 Å². The van der Waals surface area contributed by atoms with E-state index in [2.05, 4.69) is 51.1 Å². The third-order valence-electron chi connectivity index (χ3n) is 8.34. The molecule has 7 nitrogen and oxygen atoms in total. The Morgan fingerprint density at radius 1 is 1.11 bits per heavy atom. The van der Waals surface area contributed by atoms with Crippen molar-refractivity contribution in [2.45, 2.75) is 71.3 Å². The smallest absolute Gasteiger partial charge is 0.236 e. The summed E-state index contributed by atoms with van der Waals surface area (Å²) in [5.74, 6) is 4.80.